The van der Waals surface area contributed by atoms with Gasteiger partial charge in [0.15, 0.2) is 11.5 Å². The molecule has 0 aliphatic carbocycles. The zero-order valence-electron chi connectivity index (χ0n) is 16.5. The van der Waals surface area contributed by atoms with Gasteiger partial charge in [0.1, 0.15) is 11.6 Å². The standard InChI is InChI=1S/C22H20FN3O3S/c1-28-19-9-3-14(11-20(19)29-2)4-10-21(27)24-22-17-12-30-13-18(17)25-26(22)16-7-5-15(23)6-8-16/h3-11H,12-13H2,1-2H3,(H,24,27)/b10-4-. The maximum absolute atomic E-state index is 13.3. The van der Waals surface area contributed by atoms with Crippen molar-refractivity contribution in [2.75, 3.05) is 19.5 Å². The summed E-state index contributed by atoms with van der Waals surface area (Å²) in [4.78, 5) is 12.6. The lowest BCUT2D eigenvalue weighted by Gasteiger charge is -2.10. The number of ether oxygens (including phenoxy) is 2. The molecule has 1 N–H and O–H groups in total. The van der Waals surface area contributed by atoms with Crippen LogP contribution in [0.5, 0.6) is 11.5 Å². The molecule has 30 heavy (non-hydrogen) atoms. The Bertz CT molecular complexity index is 1110. The van der Waals surface area contributed by atoms with Gasteiger partial charge in [0.25, 0.3) is 0 Å². The van der Waals surface area contributed by atoms with Gasteiger partial charge in [-0.1, -0.05) is 6.07 Å². The molecule has 0 unspecified atom stereocenters. The van der Waals surface area contributed by atoms with Crippen LogP contribution in [-0.2, 0) is 16.3 Å². The average Bonchev–Trinajstić information content (AvgIpc) is 3.35. The van der Waals surface area contributed by atoms with E-state index in [4.69, 9.17) is 9.47 Å². The van der Waals surface area contributed by atoms with Gasteiger partial charge in [-0.05, 0) is 48.0 Å². The van der Waals surface area contributed by atoms with E-state index in [1.54, 1.807) is 61.0 Å². The van der Waals surface area contributed by atoms with Crippen LogP contribution in [-0.4, -0.2) is 29.9 Å². The molecule has 0 radical (unpaired) electrons. The fourth-order valence-corrected chi connectivity index (χ4v) is 4.23. The molecule has 1 aliphatic heterocycles. The van der Waals surface area contributed by atoms with Crippen LogP contribution in [0, 0.1) is 5.82 Å². The van der Waals surface area contributed by atoms with Crippen LogP contribution in [0.15, 0.2) is 48.5 Å². The number of anilines is 1. The number of nitrogens with one attached hydrogen (secondary N) is 1. The van der Waals surface area contributed by atoms with Crippen LogP contribution in [0.3, 0.4) is 0 Å². The van der Waals surface area contributed by atoms with Crippen LogP contribution in [0.1, 0.15) is 16.8 Å². The maximum Gasteiger partial charge on any atom is 0.249 e. The number of halogens is 1. The third-order valence-electron chi connectivity index (χ3n) is 4.70. The smallest absolute Gasteiger partial charge is 0.249 e. The summed E-state index contributed by atoms with van der Waals surface area (Å²) in [7, 11) is 3.13. The summed E-state index contributed by atoms with van der Waals surface area (Å²) < 4.78 is 25.5. The van der Waals surface area contributed by atoms with Crippen molar-refractivity contribution in [1.29, 1.82) is 0 Å². The lowest BCUT2D eigenvalue weighted by atomic mass is 10.2. The van der Waals surface area contributed by atoms with Crippen molar-refractivity contribution in [2.45, 2.75) is 11.5 Å². The first-order chi connectivity index (χ1) is 14.6. The fraction of sp³-hybridized carbons (Fsp3) is 0.182. The molecule has 0 bridgehead atoms. The van der Waals surface area contributed by atoms with Crippen LogP contribution in [0.4, 0.5) is 10.2 Å². The molecule has 0 fully saturated rings. The predicted molar refractivity (Wildman–Crippen MR) is 116 cm³/mol. The largest absolute Gasteiger partial charge is 0.493 e. The van der Waals surface area contributed by atoms with E-state index in [-0.39, 0.29) is 11.7 Å². The van der Waals surface area contributed by atoms with Crippen molar-refractivity contribution in [3.63, 3.8) is 0 Å². The van der Waals surface area contributed by atoms with Crippen molar-refractivity contribution in [1.82, 2.24) is 9.78 Å². The van der Waals surface area contributed by atoms with Crippen molar-refractivity contribution < 1.29 is 18.7 Å². The Balaban J connectivity index is 1.58. The molecule has 0 spiro atoms. The van der Waals surface area contributed by atoms with Gasteiger partial charge in [-0.3, -0.25) is 4.79 Å². The van der Waals surface area contributed by atoms with E-state index in [0.29, 0.717) is 23.0 Å². The Labute approximate surface area is 177 Å². The topological polar surface area (TPSA) is 65.4 Å². The molecule has 1 aliphatic rings. The van der Waals surface area contributed by atoms with Crippen LogP contribution in [0.25, 0.3) is 11.8 Å². The highest BCUT2D eigenvalue weighted by Gasteiger charge is 2.24. The van der Waals surface area contributed by atoms with E-state index in [0.717, 1.165) is 28.3 Å². The Morgan fingerprint density at radius 3 is 2.63 bits per heavy atom. The Hall–Kier alpha value is -3.26. The number of carbonyl (C=O) groups is 1. The second-order valence-electron chi connectivity index (χ2n) is 6.59. The molecule has 2 aromatic carbocycles. The maximum atomic E-state index is 13.3. The van der Waals surface area contributed by atoms with Gasteiger partial charge in [0, 0.05) is 23.1 Å². The number of hydrogen-bond donors (Lipinski definition) is 1. The van der Waals surface area contributed by atoms with Gasteiger partial charge in [0.2, 0.25) is 5.91 Å². The second kappa shape index (κ2) is 8.62. The highest BCUT2D eigenvalue weighted by molar-refractivity contribution is 7.98. The Morgan fingerprint density at radius 1 is 1.13 bits per heavy atom. The summed E-state index contributed by atoms with van der Waals surface area (Å²) in [5, 5.41) is 7.54. The van der Waals surface area contributed by atoms with Gasteiger partial charge in [-0.15, -0.1) is 0 Å². The number of fused-ring (bicyclic) bond motifs is 1. The third-order valence-corrected chi connectivity index (χ3v) is 5.67. The second-order valence-corrected chi connectivity index (χ2v) is 7.58. The number of thioether (sulfide) groups is 1. The summed E-state index contributed by atoms with van der Waals surface area (Å²) >= 11 is 1.74. The minimum atomic E-state index is -0.322. The zero-order chi connectivity index (χ0) is 21.1. The number of benzene rings is 2. The van der Waals surface area contributed by atoms with Gasteiger partial charge >= 0.3 is 0 Å². The lowest BCUT2D eigenvalue weighted by molar-refractivity contribution is -0.111. The minimum Gasteiger partial charge on any atom is -0.493 e. The van der Waals surface area contributed by atoms with Crippen molar-refractivity contribution in [3.05, 3.63) is 71.2 Å². The summed E-state index contributed by atoms with van der Waals surface area (Å²) in [6, 6.07) is 11.4. The van der Waals surface area contributed by atoms with Crippen molar-refractivity contribution >= 4 is 29.6 Å². The molecule has 154 valence electrons. The van der Waals surface area contributed by atoms with E-state index >= 15 is 0 Å². The zero-order valence-corrected chi connectivity index (χ0v) is 17.3. The van der Waals surface area contributed by atoms with E-state index in [9.17, 15) is 9.18 Å². The predicted octanol–water partition coefficient (Wildman–Crippen LogP) is 4.43. The summed E-state index contributed by atoms with van der Waals surface area (Å²) in [5.41, 5.74) is 3.42. The molecule has 0 saturated carbocycles. The molecular weight excluding hydrogens is 405 g/mol. The van der Waals surface area contributed by atoms with Gasteiger partial charge < -0.3 is 14.8 Å². The highest BCUT2D eigenvalue weighted by atomic mass is 32.2. The summed E-state index contributed by atoms with van der Waals surface area (Å²) in [6.45, 7) is 0. The summed E-state index contributed by atoms with van der Waals surface area (Å²) in [6.07, 6.45) is 3.16. The monoisotopic (exact) mass is 425 g/mol. The number of carbonyl (C=O) groups excluding carboxylic acids is 1. The number of aromatic nitrogens is 2. The SMILES string of the molecule is COc1ccc(/C=C\C(=O)Nc2c3c(nn2-c2ccc(F)cc2)CSC3)cc1OC. The molecule has 3 aromatic rings. The van der Waals surface area contributed by atoms with E-state index in [1.165, 1.54) is 18.2 Å². The number of amides is 1. The first-order valence-corrected chi connectivity index (χ1v) is 10.4. The minimum absolute atomic E-state index is 0.284. The van der Waals surface area contributed by atoms with Crippen LogP contribution < -0.4 is 14.8 Å². The molecule has 8 heteroatoms. The summed E-state index contributed by atoms with van der Waals surface area (Å²) in [5.74, 6) is 2.77. The molecule has 0 atom stereocenters. The van der Waals surface area contributed by atoms with E-state index < -0.39 is 0 Å². The highest BCUT2D eigenvalue weighted by Crippen LogP contribution is 2.36. The molecule has 2 heterocycles. The van der Waals surface area contributed by atoms with Crippen LogP contribution in [0.2, 0.25) is 0 Å². The molecule has 6 nitrogen and oxygen atoms in total. The van der Waals surface area contributed by atoms with Crippen molar-refractivity contribution in [2.24, 2.45) is 0 Å². The van der Waals surface area contributed by atoms with E-state index in [1.807, 2.05) is 6.07 Å². The molecule has 4 rings (SSSR count). The van der Waals surface area contributed by atoms with Gasteiger partial charge in [-0.2, -0.15) is 16.9 Å². The molecule has 0 saturated heterocycles. The third kappa shape index (κ3) is 4.04. The number of rotatable bonds is 6. The molecular formula is C22H20FN3O3S. The number of methoxy groups -OCH3 is 2. The first kappa shape index (κ1) is 20.0. The normalized spacial score (nSPS) is 12.8. The molecule has 1 aromatic heterocycles. The lowest BCUT2D eigenvalue weighted by Crippen LogP contribution is -2.13. The number of hydrogen-bond acceptors (Lipinski definition) is 5. The van der Waals surface area contributed by atoms with Crippen molar-refractivity contribution in [3.8, 4) is 17.2 Å². The van der Waals surface area contributed by atoms with Crippen LogP contribution >= 0.6 is 11.8 Å². The molecule has 1 amide bonds. The Kier molecular flexibility index (Phi) is 5.76. The van der Waals surface area contributed by atoms with E-state index in [2.05, 4.69) is 10.4 Å². The first-order valence-electron chi connectivity index (χ1n) is 9.24. The quantitative estimate of drug-likeness (QED) is 0.592. The fourth-order valence-electron chi connectivity index (χ4n) is 3.20. The average molecular weight is 425 g/mol. The number of nitrogens with zero attached hydrogens (tertiary/aromatic N) is 2. The van der Waals surface area contributed by atoms with Gasteiger partial charge in [-0.25, -0.2) is 9.07 Å². The Morgan fingerprint density at radius 2 is 1.90 bits per heavy atom. The van der Waals surface area contributed by atoms with Gasteiger partial charge in [0.05, 0.1) is 25.6 Å².